The minimum Gasteiger partial charge on any atom is -0.235 e. The Kier molecular flexibility index (Phi) is 1.89. The molecule has 0 saturated heterocycles. The summed E-state index contributed by atoms with van der Waals surface area (Å²) in [6, 6.07) is 0. The fourth-order valence-electron chi connectivity index (χ4n) is 0. The first-order chi connectivity index (χ1) is 3.25. The average molecular weight is 170 g/mol. The van der Waals surface area contributed by atoms with Gasteiger partial charge in [0.05, 0.1) is 0 Å². The van der Waals surface area contributed by atoms with E-state index in [4.69, 9.17) is 9.13 Å². The molecule has 50 valence electrons. The Hall–Kier alpha value is 0.180. The first-order valence-corrected chi connectivity index (χ1v) is 4.92. The van der Waals surface area contributed by atoms with Gasteiger partial charge in [0, 0.05) is 0 Å². The van der Waals surface area contributed by atoms with Crippen molar-refractivity contribution in [3.8, 4) is 0 Å². The van der Waals surface area contributed by atoms with Crippen molar-refractivity contribution in [3.05, 3.63) is 0 Å². The minimum absolute atomic E-state index is 6.63. The molecule has 2 nitrogen and oxygen atoms in total. The fourth-order valence-corrected chi connectivity index (χ4v) is 0. The van der Waals surface area contributed by atoms with Gasteiger partial charge in [-0.05, 0) is 0 Å². The maximum atomic E-state index is 10.8. The third kappa shape index (κ3) is 1.97. The molecule has 0 N–H and O–H groups in total. The third-order valence-electron chi connectivity index (χ3n) is 0.271. The van der Waals surface area contributed by atoms with Crippen LogP contribution in [0.4, 0.5) is 16.8 Å². The lowest BCUT2D eigenvalue weighted by molar-refractivity contribution is 0.470. The molecule has 0 aliphatic rings. The van der Waals surface area contributed by atoms with Crippen LogP contribution in [0.25, 0.3) is 0 Å². The van der Waals surface area contributed by atoms with Crippen LogP contribution in [0.1, 0.15) is 0 Å². The fraction of sp³-hybridized carbons (Fsp3) is 0. The largest absolute Gasteiger partial charge is 0.521 e. The third-order valence-corrected chi connectivity index (χ3v) is 2.44. The highest BCUT2D eigenvalue weighted by molar-refractivity contribution is 8.27. The Morgan fingerprint density at radius 3 is 0.875 bits per heavy atom. The molecule has 0 aromatic heterocycles. The molecule has 0 aliphatic carbocycles. The normalized spacial score (nSPS) is 14.0. The molecular weight excluding hydrogens is 170 g/mol. The second kappa shape index (κ2) is 1.85. The monoisotopic (exact) mass is 170 g/mol. The molecule has 0 unspecified atom stereocenters. The molecule has 0 aromatic rings. The van der Waals surface area contributed by atoms with Crippen LogP contribution < -0.4 is 0 Å². The van der Waals surface area contributed by atoms with Crippen LogP contribution in [-0.2, 0) is 9.13 Å². The smallest absolute Gasteiger partial charge is 0.235 e. The van der Waals surface area contributed by atoms with E-state index in [2.05, 4.69) is 0 Å². The summed E-state index contributed by atoms with van der Waals surface area (Å²) in [5.41, 5.74) is 0. The first kappa shape index (κ1) is 8.18. The lowest BCUT2D eigenvalue weighted by Gasteiger charge is -1.91. The van der Waals surface area contributed by atoms with Crippen LogP contribution in [0.15, 0.2) is 0 Å². The summed E-state index contributed by atoms with van der Waals surface area (Å²) in [5, 5.41) is 0. The molecule has 0 radical (unpaired) electrons. The molecule has 0 aromatic carbocycles. The van der Waals surface area contributed by atoms with Gasteiger partial charge in [-0.25, -0.2) is 9.13 Å². The lowest BCUT2D eigenvalue weighted by atomic mass is 16.0. The van der Waals surface area contributed by atoms with E-state index < -0.39 is 14.9 Å². The van der Waals surface area contributed by atoms with E-state index >= 15 is 0 Å². The zero-order valence-corrected chi connectivity index (χ0v) is 5.01. The van der Waals surface area contributed by atoms with Crippen molar-refractivity contribution in [1.82, 2.24) is 0 Å². The van der Waals surface area contributed by atoms with Crippen LogP contribution in [0.3, 0.4) is 0 Å². The predicted octanol–water partition coefficient (Wildman–Crippen LogP) is 3.17. The quantitative estimate of drug-likeness (QED) is 0.447. The van der Waals surface area contributed by atoms with Gasteiger partial charge < -0.3 is 0 Å². The topological polar surface area (TPSA) is 34.1 Å². The van der Waals surface area contributed by atoms with Gasteiger partial charge in [-0.15, -0.1) is 16.8 Å². The van der Waals surface area contributed by atoms with Gasteiger partial charge in [0.2, 0.25) is 0 Å². The maximum absolute atomic E-state index is 10.8. The Balaban J connectivity index is 4.53. The van der Waals surface area contributed by atoms with Gasteiger partial charge in [0.15, 0.2) is 0 Å². The van der Waals surface area contributed by atoms with E-state index in [9.17, 15) is 16.8 Å². The highest BCUT2D eigenvalue weighted by atomic mass is 32.2. The molecule has 0 spiro atoms. The van der Waals surface area contributed by atoms with Gasteiger partial charge in [-0.2, -0.15) is 0 Å². The first-order valence-electron chi connectivity index (χ1n) is 1.24. The summed E-state index contributed by atoms with van der Waals surface area (Å²) in [6.07, 6.45) is 0. The predicted molar refractivity (Wildman–Crippen MR) is 19.6 cm³/mol. The summed E-state index contributed by atoms with van der Waals surface area (Å²) < 4.78 is 60.9. The van der Waals surface area contributed by atoms with Crippen molar-refractivity contribution in [3.63, 3.8) is 0 Å². The maximum Gasteiger partial charge on any atom is 0.521 e. The summed E-state index contributed by atoms with van der Waals surface area (Å²) in [7, 11) is -13.3. The van der Waals surface area contributed by atoms with Crippen molar-refractivity contribution >= 4 is 14.9 Å². The van der Waals surface area contributed by atoms with Crippen molar-refractivity contribution in [2.75, 3.05) is 0 Å². The molecular formula is F4O2P2. The number of hydrogen-bond acceptors (Lipinski definition) is 2. The Labute approximate surface area is 42.0 Å². The van der Waals surface area contributed by atoms with Crippen LogP contribution in [0.5, 0.6) is 0 Å². The summed E-state index contributed by atoms with van der Waals surface area (Å²) >= 11 is 0. The molecule has 0 bridgehead atoms. The van der Waals surface area contributed by atoms with Crippen molar-refractivity contribution in [2.24, 2.45) is 0 Å². The van der Waals surface area contributed by atoms with Crippen LogP contribution in [0, 0.1) is 0 Å². The zero-order chi connectivity index (χ0) is 7.00. The summed E-state index contributed by atoms with van der Waals surface area (Å²) in [5.74, 6) is 0. The van der Waals surface area contributed by atoms with Crippen LogP contribution in [-0.4, -0.2) is 0 Å². The molecule has 0 rings (SSSR count). The Bertz CT molecular complexity index is 141. The highest BCUT2D eigenvalue weighted by Gasteiger charge is 2.47. The number of halogens is 4. The van der Waals surface area contributed by atoms with E-state index in [0.29, 0.717) is 0 Å². The van der Waals surface area contributed by atoms with E-state index in [1.807, 2.05) is 0 Å². The molecule has 8 heavy (non-hydrogen) atoms. The molecule has 0 aliphatic heterocycles. The lowest BCUT2D eigenvalue weighted by Crippen LogP contribution is -1.52. The second-order valence-corrected chi connectivity index (χ2v) is 5.40. The Morgan fingerprint density at radius 2 is 0.875 bits per heavy atom. The minimum atomic E-state index is -6.63. The van der Waals surface area contributed by atoms with Gasteiger partial charge in [-0.1, -0.05) is 0 Å². The standard InChI is InChI=1S/F4O2P2/c1-7(2,5)8(3,4)6. The van der Waals surface area contributed by atoms with Gasteiger partial charge >= 0.3 is 14.9 Å². The average Bonchev–Trinajstić information content (AvgIpc) is 1.25. The van der Waals surface area contributed by atoms with Gasteiger partial charge in [0.1, 0.15) is 0 Å². The molecule has 0 amide bonds. The van der Waals surface area contributed by atoms with Gasteiger partial charge in [0.25, 0.3) is 0 Å². The highest BCUT2D eigenvalue weighted by Crippen LogP contribution is 2.85. The summed E-state index contributed by atoms with van der Waals surface area (Å²) in [6.45, 7) is 0. The van der Waals surface area contributed by atoms with Crippen molar-refractivity contribution < 1.29 is 25.9 Å². The molecule has 0 saturated carbocycles. The Morgan fingerprint density at radius 1 is 0.750 bits per heavy atom. The van der Waals surface area contributed by atoms with Crippen LogP contribution >= 0.6 is 14.9 Å². The van der Waals surface area contributed by atoms with Crippen molar-refractivity contribution in [2.45, 2.75) is 0 Å². The van der Waals surface area contributed by atoms with Gasteiger partial charge in [-0.3, -0.25) is 0 Å². The molecule has 0 fully saturated rings. The van der Waals surface area contributed by atoms with E-state index in [1.54, 1.807) is 0 Å². The molecule has 0 heterocycles. The van der Waals surface area contributed by atoms with Crippen molar-refractivity contribution in [1.29, 1.82) is 0 Å². The summed E-state index contributed by atoms with van der Waals surface area (Å²) in [4.78, 5) is 0. The SMILES string of the molecule is O=P(F)(F)P(=O)(F)F. The number of rotatable bonds is 1. The second-order valence-electron chi connectivity index (χ2n) is 0.869. The van der Waals surface area contributed by atoms with E-state index in [1.165, 1.54) is 0 Å². The van der Waals surface area contributed by atoms with Crippen LogP contribution in [0.2, 0.25) is 0 Å². The molecule has 8 heteroatoms. The van der Waals surface area contributed by atoms with E-state index in [0.717, 1.165) is 0 Å². The van der Waals surface area contributed by atoms with E-state index in [-0.39, 0.29) is 0 Å². The zero-order valence-electron chi connectivity index (χ0n) is 3.22. The molecule has 0 atom stereocenters. The number of hydrogen-bond donors (Lipinski definition) is 0.